The lowest BCUT2D eigenvalue weighted by atomic mass is 10.2. The van der Waals surface area contributed by atoms with Crippen LogP contribution in [0.1, 0.15) is 5.56 Å². The van der Waals surface area contributed by atoms with Crippen LogP contribution in [0.15, 0.2) is 59.2 Å². The number of rotatable bonds is 2. The lowest BCUT2D eigenvalue weighted by Gasteiger charge is -2.11. The van der Waals surface area contributed by atoms with Crippen LogP contribution < -0.4 is 10.6 Å². The molecule has 1 aliphatic rings. The molecule has 0 bridgehead atoms. The maximum atomic E-state index is 12.2. The molecule has 0 aromatic heterocycles. The van der Waals surface area contributed by atoms with Gasteiger partial charge in [-0.05, 0) is 42.0 Å². The van der Waals surface area contributed by atoms with Crippen molar-refractivity contribution in [2.75, 3.05) is 12.4 Å². The van der Waals surface area contributed by atoms with E-state index in [9.17, 15) is 14.7 Å². The van der Waals surface area contributed by atoms with Crippen LogP contribution >= 0.6 is 11.6 Å². The van der Waals surface area contributed by atoms with Crippen molar-refractivity contribution in [1.82, 2.24) is 10.2 Å². The van der Waals surface area contributed by atoms with Gasteiger partial charge >= 0.3 is 6.03 Å². The van der Waals surface area contributed by atoms with Gasteiger partial charge in [-0.3, -0.25) is 10.1 Å². The molecule has 1 fully saturated rings. The molecular formula is C18H15ClN4O3. The highest BCUT2D eigenvalue weighted by atomic mass is 35.5. The predicted octanol–water partition coefficient (Wildman–Crippen LogP) is 3.04. The number of likely N-dealkylation sites (N-methyl/N-ethyl adjacent to an activating group) is 1. The summed E-state index contributed by atoms with van der Waals surface area (Å²) in [5.41, 5.74) is 1.55. The number of phenols is 1. The highest BCUT2D eigenvalue weighted by Crippen LogP contribution is 2.18. The van der Waals surface area contributed by atoms with Crippen molar-refractivity contribution >= 4 is 41.3 Å². The number of anilines is 1. The van der Waals surface area contributed by atoms with Crippen molar-refractivity contribution in [1.29, 1.82) is 0 Å². The molecule has 3 N–H and O–H groups in total. The third-order valence-corrected chi connectivity index (χ3v) is 3.85. The summed E-state index contributed by atoms with van der Waals surface area (Å²) in [6.45, 7) is 0. The molecule has 0 atom stereocenters. The lowest BCUT2D eigenvalue weighted by Crippen LogP contribution is -2.29. The van der Waals surface area contributed by atoms with E-state index in [2.05, 4.69) is 15.6 Å². The first kappa shape index (κ1) is 17.5. The zero-order chi connectivity index (χ0) is 18.7. The Balaban J connectivity index is 1.77. The van der Waals surface area contributed by atoms with Gasteiger partial charge in [0.15, 0.2) is 0 Å². The second-order valence-electron chi connectivity index (χ2n) is 5.51. The number of guanidine groups is 1. The minimum atomic E-state index is -0.639. The van der Waals surface area contributed by atoms with Gasteiger partial charge in [0.25, 0.3) is 5.91 Å². The number of aliphatic imine (C=N–C) groups is 1. The molecule has 3 amide bonds. The second-order valence-corrected chi connectivity index (χ2v) is 5.95. The summed E-state index contributed by atoms with van der Waals surface area (Å²) in [6, 6.07) is 12.4. The number of nitrogens with one attached hydrogen (secondary N) is 2. The van der Waals surface area contributed by atoms with E-state index in [4.69, 9.17) is 11.6 Å². The van der Waals surface area contributed by atoms with Crippen LogP contribution in [-0.2, 0) is 4.79 Å². The van der Waals surface area contributed by atoms with Gasteiger partial charge in [-0.15, -0.1) is 0 Å². The number of carbonyl (C=O) groups excluding carboxylic acids is 2. The van der Waals surface area contributed by atoms with Gasteiger partial charge in [-0.1, -0.05) is 29.8 Å². The average molecular weight is 371 g/mol. The number of carbonyl (C=O) groups is 2. The normalized spacial score (nSPS) is 16.8. The fourth-order valence-electron chi connectivity index (χ4n) is 2.32. The molecule has 0 radical (unpaired) electrons. The van der Waals surface area contributed by atoms with E-state index in [1.54, 1.807) is 49.5 Å². The molecule has 0 unspecified atom stereocenters. The van der Waals surface area contributed by atoms with Gasteiger partial charge in [0.1, 0.15) is 11.4 Å². The van der Waals surface area contributed by atoms with Crippen molar-refractivity contribution in [2.24, 2.45) is 4.99 Å². The first-order valence-corrected chi connectivity index (χ1v) is 8.01. The Morgan fingerprint density at radius 2 is 2.00 bits per heavy atom. The molecule has 3 rings (SSSR count). The van der Waals surface area contributed by atoms with Gasteiger partial charge in [0.05, 0.1) is 0 Å². The topological polar surface area (TPSA) is 94.0 Å². The number of benzene rings is 2. The first-order valence-electron chi connectivity index (χ1n) is 7.63. The van der Waals surface area contributed by atoms with Crippen LogP contribution in [0.4, 0.5) is 10.5 Å². The standard InChI is InChI=1S/C18H15ClN4O3/c1-23-15(9-11-5-7-14(24)8-6-11)16(25)21-17(23)22-18(26)20-13-4-2-3-12(19)10-13/h2-10,24H,1H3,(H2,20,21,22,25,26). The zero-order valence-electron chi connectivity index (χ0n) is 13.7. The van der Waals surface area contributed by atoms with E-state index < -0.39 is 6.03 Å². The Hall–Kier alpha value is -3.32. The van der Waals surface area contributed by atoms with Crippen molar-refractivity contribution in [2.45, 2.75) is 0 Å². The zero-order valence-corrected chi connectivity index (χ0v) is 14.5. The molecular weight excluding hydrogens is 356 g/mol. The smallest absolute Gasteiger partial charge is 0.348 e. The maximum Gasteiger partial charge on any atom is 0.348 e. The third kappa shape index (κ3) is 4.01. The summed E-state index contributed by atoms with van der Waals surface area (Å²) in [5, 5.41) is 14.9. The summed E-state index contributed by atoms with van der Waals surface area (Å²) in [5.74, 6) is -0.134. The molecule has 1 heterocycles. The number of phenolic OH excluding ortho intramolecular Hbond substituents is 1. The Labute approximate surface area is 154 Å². The van der Waals surface area contributed by atoms with Crippen LogP contribution in [0.3, 0.4) is 0 Å². The van der Waals surface area contributed by atoms with Crippen molar-refractivity contribution in [3.05, 3.63) is 64.8 Å². The van der Waals surface area contributed by atoms with E-state index in [1.165, 1.54) is 17.0 Å². The summed E-state index contributed by atoms with van der Waals surface area (Å²) >= 11 is 5.87. The molecule has 1 aliphatic heterocycles. The monoisotopic (exact) mass is 370 g/mol. The van der Waals surface area contributed by atoms with Gasteiger partial charge in [-0.2, -0.15) is 4.99 Å². The molecule has 0 saturated carbocycles. The number of halogens is 1. The minimum Gasteiger partial charge on any atom is -0.508 e. The number of hydrogen-bond acceptors (Lipinski definition) is 3. The molecule has 0 aliphatic carbocycles. The second kappa shape index (κ2) is 7.28. The lowest BCUT2D eigenvalue weighted by molar-refractivity contribution is -0.115. The first-order chi connectivity index (χ1) is 12.4. The fraction of sp³-hybridized carbons (Fsp3) is 0.0556. The Morgan fingerprint density at radius 3 is 2.69 bits per heavy atom. The van der Waals surface area contributed by atoms with E-state index in [0.29, 0.717) is 16.4 Å². The van der Waals surface area contributed by atoms with Crippen molar-refractivity contribution in [3.63, 3.8) is 0 Å². The fourth-order valence-corrected chi connectivity index (χ4v) is 2.51. The minimum absolute atomic E-state index is 0.111. The molecule has 8 heteroatoms. The van der Waals surface area contributed by atoms with E-state index in [-0.39, 0.29) is 17.6 Å². The van der Waals surface area contributed by atoms with Crippen LogP contribution in [-0.4, -0.2) is 35.0 Å². The Bertz CT molecular complexity index is 922. The third-order valence-electron chi connectivity index (χ3n) is 3.62. The number of nitrogens with zero attached hydrogens (tertiary/aromatic N) is 2. The Kier molecular flexibility index (Phi) is 4.90. The summed E-state index contributed by atoms with van der Waals surface area (Å²) in [6.07, 6.45) is 1.63. The highest BCUT2D eigenvalue weighted by molar-refractivity contribution is 6.30. The highest BCUT2D eigenvalue weighted by Gasteiger charge is 2.29. The summed E-state index contributed by atoms with van der Waals surface area (Å²) in [7, 11) is 1.62. The summed E-state index contributed by atoms with van der Waals surface area (Å²) in [4.78, 5) is 29.6. The largest absolute Gasteiger partial charge is 0.508 e. The van der Waals surface area contributed by atoms with Crippen LogP contribution in [0.5, 0.6) is 5.75 Å². The van der Waals surface area contributed by atoms with Gasteiger partial charge < -0.3 is 15.3 Å². The molecule has 132 valence electrons. The average Bonchev–Trinajstić information content (AvgIpc) is 2.84. The SMILES string of the molecule is CN1C(=Cc2ccc(O)cc2)C(=O)NC1=NC(=O)Nc1cccc(Cl)c1. The van der Waals surface area contributed by atoms with Gasteiger partial charge in [-0.25, -0.2) is 4.79 Å². The Morgan fingerprint density at radius 1 is 1.27 bits per heavy atom. The molecule has 7 nitrogen and oxygen atoms in total. The number of aromatic hydroxyl groups is 1. The van der Waals surface area contributed by atoms with Crippen LogP contribution in [0.2, 0.25) is 5.02 Å². The van der Waals surface area contributed by atoms with E-state index >= 15 is 0 Å². The van der Waals surface area contributed by atoms with Crippen LogP contribution in [0, 0.1) is 0 Å². The maximum absolute atomic E-state index is 12.2. The molecule has 0 spiro atoms. The number of hydrogen-bond donors (Lipinski definition) is 3. The molecule has 2 aromatic carbocycles. The molecule has 2 aromatic rings. The van der Waals surface area contributed by atoms with Crippen molar-refractivity contribution in [3.8, 4) is 5.75 Å². The van der Waals surface area contributed by atoms with E-state index in [0.717, 1.165) is 5.56 Å². The predicted molar refractivity (Wildman–Crippen MR) is 99.9 cm³/mol. The quantitative estimate of drug-likeness (QED) is 0.708. The molecule has 1 saturated heterocycles. The van der Waals surface area contributed by atoms with Crippen LogP contribution in [0.25, 0.3) is 6.08 Å². The number of amides is 3. The summed E-state index contributed by atoms with van der Waals surface area (Å²) < 4.78 is 0. The number of urea groups is 1. The van der Waals surface area contributed by atoms with Crippen molar-refractivity contribution < 1.29 is 14.7 Å². The van der Waals surface area contributed by atoms with Gasteiger partial charge in [0, 0.05) is 17.8 Å². The molecule has 26 heavy (non-hydrogen) atoms. The van der Waals surface area contributed by atoms with E-state index in [1.807, 2.05) is 0 Å². The van der Waals surface area contributed by atoms with Gasteiger partial charge in [0.2, 0.25) is 5.96 Å².